The Labute approximate surface area is 236 Å². The van der Waals surface area contributed by atoms with Crippen LogP contribution in [0.2, 0.25) is 0 Å². The Morgan fingerprint density at radius 2 is 1.85 bits per heavy atom. The molecule has 0 aliphatic carbocycles. The van der Waals surface area contributed by atoms with Crippen molar-refractivity contribution in [3.05, 3.63) is 100.0 Å². The zero-order valence-electron chi connectivity index (χ0n) is 23.1. The van der Waals surface area contributed by atoms with E-state index in [-0.39, 0.29) is 17.5 Å². The Kier molecular flexibility index (Phi) is 8.27. The van der Waals surface area contributed by atoms with Crippen LogP contribution >= 0.6 is 0 Å². The zero-order valence-corrected chi connectivity index (χ0v) is 23.1. The van der Waals surface area contributed by atoms with Crippen LogP contribution in [0.25, 0.3) is 16.9 Å². The van der Waals surface area contributed by atoms with Crippen molar-refractivity contribution in [1.82, 2.24) is 24.6 Å². The second kappa shape index (κ2) is 12.0. The molecule has 214 valence electrons. The largest absolute Gasteiger partial charge is 0.383 e. The number of pyridine rings is 1. The quantitative estimate of drug-likeness (QED) is 0.338. The SMILES string of the molecule is COCCN1C[C@@H](NC(=O)Nc2c(C)c(-c3ccc(=O)n(C)c3)nn2-c2ccccc2)[C@H](c2ccc(F)c(F)c2)C1. The molecule has 0 saturated carbocycles. The van der Waals surface area contributed by atoms with Crippen LogP contribution in [0, 0.1) is 18.6 Å². The number of aromatic nitrogens is 3. The summed E-state index contributed by atoms with van der Waals surface area (Å²) < 4.78 is 36.1. The van der Waals surface area contributed by atoms with Crippen LogP contribution in [0.1, 0.15) is 17.0 Å². The van der Waals surface area contributed by atoms with Gasteiger partial charge in [-0.25, -0.2) is 18.3 Å². The first-order valence-corrected chi connectivity index (χ1v) is 13.3. The number of methoxy groups -OCH3 is 1. The van der Waals surface area contributed by atoms with E-state index >= 15 is 0 Å². The summed E-state index contributed by atoms with van der Waals surface area (Å²) in [5, 5.41) is 10.8. The molecule has 1 saturated heterocycles. The summed E-state index contributed by atoms with van der Waals surface area (Å²) in [6, 6.07) is 15.6. The van der Waals surface area contributed by atoms with Gasteiger partial charge in [-0.2, -0.15) is 5.10 Å². The lowest BCUT2D eigenvalue weighted by Crippen LogP contribution is -2.42. The predicted octanol–water partition coefficient (Wildman–Crippen LogP) is 4.06. The van der Waals surface area contributed by atoms with Gasteiger partial charge in [0.1, 0.15) is 5.82 Å². The lowest BCUT2D eigenvalue weighted by atomic mass is 9.94. The standard InChI is InChI=1S/C30H32F2N6O3/c1-19-28(21-10-12-27(39)36(2)16-21)35-38(22-7-5-4-6-8-22)29(19)34-30(40)33-26-18-37(13-14-41-3)17-23(26)20-9-11-24(31)25(32)15-20/h4-12,15-16,23,26H,13-14,17-18H2,1-3H3,(H2,33,34,40)/t23-,26+/m0/s1. The Balaban J connectivity index is 1.44. The number of aryl methyl sites for hydroxylation is 1. The van der Waals surface area contributed by atoms with Crippen LogP contribution in [0.4, 0.5) is 19.4 Å². The predicted molar refractivity (Wildman–Crippen MR) is 152 cm³/mol. The number of likely N-dealkylation sites (tertiary alicyclic amines) is 1. The van der Waals surface area contributed by atoms with E-state index in [2.05, 4.69) is 15.5 Å². The number of hydrogen-bond donors (Lipinski definition) is 2. The van der Waals surface area contributed by atoms with Crippen molar-refractivity contribution in [3.63, 3.8) is 0 Å². The summed E-state index contributed by atoms with van der Waals surface area (Å²) in [5.41, 5.74) is 3.27. The number of amides is 2. The number of halogens is 2. The van der Waals surface area contributed by atoms with Gasteiger partial charge in [-0.3, -0.25) is 15.0 Å². The highest BCUT2D eigenvalue weighted by Gasteiger charge is 2.35. The number of para-hydroxylation sites is 1. The molecule has 2 aromatic heterocycles. The smallest absolute Gasteiger partial charge is 0.320 e. The van der Waals surface area contributed by atoms with Gasteiger partial charge in [-0.15, -0.1) is 0 Å². The van der Waals surface area contributed by atoms with Crippen molar-refractivity contribution in [1.29, 1.82) is 0 Å². The molecule has 1 aliphatic heterocycles. The molecule has 2 atom stereocenters. The first-order chi connectivity index (χ1) is 19.7. The number of nitrogens with one attached hydrogen (secondary N) is 2. The molecule has 1 aliphatic rings. The molecule has 41 heavy (non-hydrogen) atoms. The van der Waals surface area contributed by atoms with Crippen LogP contribution in [0.3, 0.4) is 0 Å². The molecule has 2 aromatic carbocycles. The summed E-state index contributed by atoms with van der Waals surface area (Å²) in [6.07, 6.45) is 1.70. The second-order valence-corrected chi connectivity index (χ2v) is 10.2. The molecule has 4 aromatic rings. The fraction of sp³-hybridized carbons (Fsp3) is 0.300. The Morgan fingerprint density at radius 1 is 1.07 bits per heavy atom. The Bertz CT molecular complexity index is 1600. The average Bonchev–Trinajstić information content (AvgIpc) is 3.51. The number of urea groups is 1. The first kappa shape index (κ1) is 28.2. The zero-order chi connectivity index (χ0) is 29.1. The molecule has 11 heteroatoms. The molecular weight excluding hydrogens is 530 g/mol. The van der Waals surface area contributed by atoms with E-state index in [9.17, 15) is 18.4 Å². The van der Waals surface area contributed by atoms with Crippen molar-refractivity contribution < 1.29 is 18.3 Å². The summed E-state index contributed by atoms with van der Waals surface area (Å²) in [6.45, 7) is 4.07. The number of rotatable bonds is 8. The molecule has 5 rings (SSSR count). The lowest BCUT2D eigenvalue weighted by molar-refractivity contribution is 0.159. The lowest BCUT2D eigenvalue weighted by Gasteiger charge is -2.21. The van der Waals surface area contributed by atoms with Gasteiger partial charge in [0.25, 0.3) is 0 Å². The van der Waals surface area contributed by atoms with Gasteiger partial charge in [0.05, 0.1) is 24.0 Å². The fourth-order valence-electron chi connectivity index (χ4n) is 5.23. The minimum absolute atomic E-state index is 0.140. The van der Waals surface area contributed by atoms with Crippen molar-refractivity contribution in [2.24, 2.45) is 7.05 Å². The summed E-state index contributed by atoms with van der Waals surface area (Å²) in [7, 11) is 3.29. The monoisotopic (exact) mass is 562 g/mol. The molecule has 9 nitrogen and oxygen atoms in total. The molecule has 0 spiro atoms. The normalized spacial score (nSPS) is 17.1. The molecule has 2 N–H and O–H groups in total. The van der Waals surface area contributed by atoms with E-state index in [1.807, 2.05) is 37.3 Å². The molecule has 0 bridgehead atoms. The van der Waals surface area contributed by atoms with Crippen molar-refractivity contribution in [3.8, 4) is 16.9 Å². The Hall–Kier alpha value is -4.35. The van der Waals surface area contributed by atoms with Gasteiger partial charge in [-0.1, -0.05) is 24.3 Å². The molecule has 0 radical (unpaired) electrons. The van der Waals surface area contributed by atoms with E-state index in [0.29, 0.717) is 48.9 Å². The third-order valence-electron chi connectivity index (χ3n) is 7.41. The number of hydrogen-bond acceptors (Lipinski definition) is 5. The number of nitrogens with zero attached hydrogens (tertiary/aromatic N) is 4. The first-order valence-electron chi connectivity index (χ1n) is 13.3. The van der Waals surface area contributed by atoms with Gasteiger partial charge in [0, 0.05) is 63.1 Å². The number of anilines is 1. The van der Waals surface area contributed by atoms with Gasteiger partial charge < -0.3 is 14.6 Å². The Morgan fingerprint density at radius 3 is 2.56 bits per heavy atom. The maximum Gasteiger partial charge on any atom is 0.320 e. The third kappa shape index (κ3) is 6.06. The number of ether oxygens (including phenoxy) is 1. The van der Waals surface area contributed by atoms with E-state index in [4.69, 9.17) is 9.84 Å². The maximum atomic E-state index is 14.1. The maximum absolute atomic E-state index is 14.1. The highest BCUT2D eigenvalue weighted by Crippen LogP contribution is 2.31. The van der Waals surface area contributed by atoms with Gasteiger partial charge in [0.15, 0.2) is 11.6 Å². The molecule has 0 unspecified atom stereocenters. The van der Waals surface area contributed by atoms with Crippen LogP contribution < -0.4 is 16.2 Å². The van der Waals surface area contributed by atoms with Crippen molar-refractivity contribution in [2.45, 2.75) is 18.9 Å². The third-order valence-corrected chi connectivity index (χ3v) is 7.41. The average molecular weight is 563 g/mol. The summed E-state index contributed by atoms with van der Waals surface area (Å²) in [4.78, 5) is 27.6. The minimum Gasteiger partial charge on any atom is -0.383 e. The second-order valence-electron chi connectivity index (χ2n) is 10.2. The number of carbonyl (C=O) groups excluding carboxylic acids is 1. The molecule has 2 amide bonds. The van der Waals surface area contributed by atoms with Crippen LogP contribution in [-0.4, -0.2) is 64.7 Å². The minimum atomic E-state index is -0.922. The highest BCUT2D eigenvalue weighted by molar-refractivity contribution is 5.91. The molecule has 1 fully saturated rings. The van der Waals surface area contributed by atoms with E-state index in [1.54, 1.807) is 37.2 Å². The van der Waals surface area contributed by atoms with Crippen molar-refractivity contribution in [2.75, 3.05) is 38.7 Å². The van der Waals surface area contributed by atoms with Crippen LogP contribution in [0.15, 0.2) is 71.7 Å². The van der Waals surface area contributed by atoms with Crippen molar-refractivity contribution >= 4 is 11.8 Å². The molecular formula is C30H32F2N6O3. The number of carbonyl (C=O) groups is 1. The van der Waals surface area contributed by atoms with E-state index < -0.39 is 17.7 Å². The highest BCUT2D eigenvalue weighted by atomic mass is 19.2. The van der Waals surface area contributed by atoms with Gasteiger partial charge >= 0.3 is 6.03 Å². The summed E-state index contributed by atoms with van der Waals surface area (Å²) in [5.74, 6) is -1.62. The van der Waals surface area contributed by atoms with E-state index in [0.717, 1.165) is 17.3 Å². The fourth-order valence-corrected chi connectivity index (χ4v) is 5.23. The number of benzene rings is 2. The van der Waals surface area contributed by atoms with Crippen LogP contribution in [0.5, 0.6) is 0 Å². The molecule has 3 heterocycles. The summed E-state index contributed by atoms with van der Waals surface area (Å²) >= 11 is 0. The van der Waals surface area contributed by atoms with Gasteiger partial charge in [-0.05, 0) is 42.8 Å². The topological polar surface area (TPSA) is 93.4 Å². The van der Waals surface area contributed by atoms with E-state index in [1.165, 1.54) is 16.7 Å². The van der Waals surface area contributed by atoms with Gasteiger partial charge in [0.2, 0.25) is 5.56 Å². The van der Waals surface area contributed by atoms with Crippen LogP contribution in [-0.2, 0) is 11.8 Å².